The van der Waals surface area contributed by atoms with Crippen molar-refractivity contribution >= 4 is 11.5 Å². The van der Waals surface area contributed by atoms with Crippen molar-refractivity contribution in [1.82, 2.24) is 10.3 Å². The summed E-state index contributed by atoms with van der Waals surface area (Å²) in [5.74, 6) is 2.08. The quantitative estimate of drug-likeness (QED) is 0.331. The van der Waals surface area contributed by atoms with Gasteiger partial charge in [0.05, 0.1) is 5.56 Å². The molecule has 3 heterocycles. The Balaban J connectivity index is 1.12. The Morgan fingerprint density at radius 3 is 2.67 bits per heavy atom. The minimum absolute atomic E-state index is 0.395. The van der Waals surface area contributed by atoms with Gasteiger partial charge in [0.25, 0.3) is 0 Å². The standard InChI is InChI=1S/C33H39F3N4/c34-33(35,36)27-10-12-28(13-11-27)40-18-4-5-23(22-40)19-25-6-1-2-9-31(25)39-32-20-24(14-17-38-32)29-8-3-7-26-21-37-16-15-30(26)29/h3,7-8,10-14,17,20,23,25,31,37H,1-2,4-6,9,15-16,18-19,21-22H2,(H,38,39)/t23-,25+,31-/m1/s1. The topological polar surface area (TPSA) is 40.2 Å². The lowest BCUT2D eigenvalue weighted by molar-refractivity contribution is -0.137. The highest BCUT2D eigenvalue weighted by molar-refractivity contribution is 5.71. The summed E-state index contributed by atoms with van der Waals surface area (Å²) in [6.45, 7) is 3.77. The summed E-state index contributed by atoms with van der Waals surface area (Å²) in [5.41, 5.74) is 5.70. The third kappa shape index (κ3) is 6.14. The molecule has 0 unspecified atom stereocenters. The van der Waals surface area contributed by atoms with E-state index in [1.165, 1.54) is 60.1 Å². The van der Waals surface area contributed by atoms with E-state index in [4.69, 9.17) is 4.98 Å². The fourth-order valence-electron chi connectivity index (χ4n) is 7.13. The second-order valence-electron chi connectivity index (χ2n) is 11.8. The highest BCUT2D eigenvalue weighted by Crippen LogP contribution is 2.37. The van der Waals surface area contributed by atoms with Crippen molar-refractivity contribution in [2.75, 3.05) is 29.9 Å². The van der Waals surface area contributed by atoms with Crippen LogP contribution >= 0.6 is 0 Å². The molecule has 2 aliphatic heterocycles. The third-order valence-electron chi connectivity index (χ3n) is 9.17. The third-order valence-corrected chi connectivity index (χ3v) is 9.17. The first kappa shape index (κ1) is 27.1. The Morgan fingerprint density at radius 2 is 1.82 bits per heavy atom. The van der Waals surface area contributed by atoms with E-state index in [0.717, 1.165) is 63.4 Å². The molecular formula is C33H39F3N4. The van der Waals surface area contributed by atoms with E-state index >= 15 is 0 Å². The highest BCUT2D eigenvalue weighted by atomic mass is 19.4. The molecule has 1 aliphatic carbocycles. The lowest BCUT2D eigenvalue weighted by atomic mass is 9.77. The molecule has 0 amide bonds. The molecule has 1 saturated heterocycles. The molecule has 6 rings (SSSR count). The molecule has 212 valence electrons. The van der Waals surface area contributed by atoms with Gasteiger partial charge in [-0.15, -0.1) is 0 Å². The average Bonchev–Trinajstić information content (AvgIpc) is 2.98. The number of piperidine rings is 1. The SMILES string of the molecule is FC(F)(F)c1ccc(N2CCC[C@H](C[C@@H]3CCCC[C@H]3Nc3cc(-c4cccc5c4CCNC5)ccn3)C2)cc1. The van der Waals surface area contributed by atoms with E-state index < -0.39 is 11.7 Å². The number of alkyl halides is 3. The van der Waals surface area contributed by atoms with E-state index in [1.807, 2.05) is 6.20 Å². The minimum atomic E-state index is -4.29. The summed E-state index contributed by atoms with van der Waals surface area (Å²) in [7, 11) is 0. The number of aromatic nitrogens is 1. The minimum Gasteiger partial charge on any atom is -0.371 e. The number of nitrogens with one attached hydrogen (secondary N) is 2. The van der Waals surface area contributed by atoms with Crippen LogP contribution in [0.4, 0.5) is 24.7 Å². The number of pyridine rings is 1. The van der Waals surface area contributed by atoms with Gasteiger partial charge in [-0.25, -0.2) is 4.98 Å². The fraction of sp³-hybridized carbons (Fsp3) is 0.485. The lowest BCUT2D eigenvalue weighted by Gasteiger charge is -2.39. The molecule has 3 aliphatic rings. The highest BCUT2D eigenvalue weighted by Gasteiger charge is 2.32. The second-order valence-corrected chi connectivity index (χ2v) is 11.8. The second kappa shape index (κ2) is 11.8. The predicted octanol–water partition coefficient (Wildman–Crippen LogP) is 7.69. The van der Waals surface area contributed by atoms with Gasteiger partial charge in [0.1, 0.15) is 5.82 Å². The molecule has 2 N–H and O–H groups in total. The first-order valence-corrected chi connectivity index (χ1v) is 14.9. The Hall–Kier alpha value is -3.06. The first-order chi connectivity index (χ1) is 19.4. The molecule has 1 saturated carbocycles. The van der Waals surface area contributed by atoms with E-state index in [2.05, 4.69) is 45.9 Å². The van der Waals surface area contributed by atoms with Crippen molar-refractivity contribution in [3.8, 4) is 11.1 Å². The number of anilines is 2. The van der Waals surface area contributed by atoms with Crippen molar-refractivity contribution in [3.63, 3.8) is 0 Å². The molecule has 7 heteroatoms. The van der Waals surface area contributed by atoms with Crippen LogP contribution in [0, 0.1) is 11.8 Å². The van der Waals surface area contributed by atoms with Crippen LogP contribution in [0.1, 0.15) is 61.6 Å². The summed E-state index contributed by atoms with van der Waals surface area (Å²) in [6.07, 6.45) is 6.95. The van der Waals surface area contributed by atoms with Crippen molar-refractivity contribution in [1.29, 1.82) is 0 Å². The average molecular weight is 549 g/mol. The van der Waals surface area contributed by atoms with Crippen LogP contribution < -0.4 is 15.5 Å². The first-order valence-electron chi connectivity index (χ1n) is 14.9. The zero-order valence-electron chi connectivity index (χ0n) is 23.0. The summed E-state index contributed by atoms with van der Waals surface area (Å²) >= 11 is 0. The van der Waals surface area contributed by atoms with Crippen molar-refractivity contribution in [3.05, 3.63) is 77.5 Å². The largest absolute Gasteiger partial charge is 0.416 e. The zero-order chi connectivity index (χ0) is 27.5. The number of rotatable bonds is 6. The molecule has 1 aromatic heterocycles. The maximum Gasteiger partial charge on any atom is 0.416 e. The van der Waals surface area contributed by atoms with Crippen LogP contribution in [-0.4, -0.2) is 30.7 Å². The summed E-state index contributed by atoms with van der Waals surface area (Å²) in [6, 6.07) is 17.0. The van der Waals surface area contributed by atoms with Gasteiger partial charge >= 0.3 is 6.18 Å². The molecular weight excluding hydrogens is 509 g/mol. The van der Waals surface area contributed by atoms with Crippen LogP contribution in [-0.2, 0) is 19.1 Å². The Bertz CT molecular complexity index is 1290. The summed E-state index contributed by atoms with van der Waals surface area (Å²) in [5, 5.41) is 7.30. The Morgan fingerprint density at radius 1 is 0.975 bits per heavy atom. The smallest absolute Gasteiger partial charge is 0.371 e. The monoisotopic (exact) mass is 548 g/mol. The lowest BCUT2D eigenvalue weighted by Crippen LogP contribution is -2.39. The maximum absolute atomic E-state index is 13.0. The van der Waals surface area contributed by atoms with E-state index in [1.54, 1.807) is 12.1 Å². The fourth-order valence-corrected chi connectivity index (χ4v) is 7.13. The Kier molecular flexibility index (Phi) is 8.01. The van der Waals surface area contributed by atoms with Crippen LogP contribution in [0.3, 0.4) is 0 Å². The van der Waals surface area contributed by atoms with E-state index in [-0.39, 0.29) is 0 Å². The van der Waals surface area contributed by atoms with Crippen LogP contribution in [0.15, 0.2) is 60.8 Å². The van der Waals surface area contributed by atoms with Crippen LogP contribution in [0.2, 0.25) is 0 Å². The molecule has 3 atom stereocenters. The van der Waals surface area contributed by atoms with Crippen molar-refractivity contribution < 1.29 is 13.2 Å². The maximum atomic E-state index is 13.0. The van der Waals surface area contributed by atoms with Crippen LogP contribution in [0.25, 0.3) is 11.1 Å². The van der Waals surface area contributed by atoms with Crippen molar-refractivity contribution in [2.24, 2.45) is 11.8 Å². The molecule has 0 radical (unpaired) electrons. The van der Waals surface area contributed by atoms with Crippen LogP contribution in [0.5, 0.6) is 0 Å². The zero-order valence-corrected chi connectivity index (χ0v) is 23.0. The van der Waals surface area contributed by atoms with Gasteiger partial charge in [-0.05, 0) is 116 Å². The number of hydrogen-bond acceptors (Lipinski definition) is 4. The van der Waals surface area contributed by atoms with Gasteiger partial charge in [-0.1, -0.05) is 31.0 Å². The summed E-state index contributed by atoms with van der Waals surface area (Å²) in [4.78, 5) is 7.00. The van der Waals surface area contributed by atoms with Gasteiger partial charge < -0.3 is 15.5 Å². The van der Waals surface area contributed by atoms with Gasteiger partial charge in [-0.2, -0.15) is 13.2 Å². The molecule has 2 aromatic carbocycles. The summed E-state index contributed by atoms with van der Waals surface area (Å²) < 4.78 is 39.1. The molecule has 0 spiro atoms. The number of benzene rings is 2. The predicted molar refractivity (Wildman–Crippen MR) is 155 cm³/mol. The number of nitrogens with zero attached hydrogens (tertiary/aromatic N) is 2. The van der Waals surface area contributed by atoms with E-state index in [0.29, 0.717) is 17.9 Å². The molecule has 2 fully saturated rings. The molecule has 3 aromatic rings. The van der Waals surface area contributed by atoms with E-state index in [9.17, 15) is 13.2 Å². The molecule has 4 nitrogen and oxygen atoms in total. The van der Waals surface area contributed by atoms with Gasteiger partial charge in [-0.3, -0.25) is 0 Å². The van der Waals surface area contributed by atoms with Crippen molar-refractivity contribution in [2.45, 2.75) is 70.1 Å². The molecule has 0 bridgehead atoms. The number of hydrogen-bond donors (Lipinski definition) is 2. The number of fused-ring (bicyclic) bond motifs is 1. The Labute approximate surface area is 235 Å². The van der Waals surface area contributed by atoms with Gasteiger partial charge in [0, 0.05) is 37.6 Å². The number of halogens is 3. The normalized spacial score (nSPS) is 23.5. The van der Waals surface area contributed by atoms with Gasteiger partial charge in [0.15, 0.2) is 0 Å². The van der Waals surface area contributed by atoms with Gasteiger partial charge in [0.2, 0.25) is 0 Å². The molecule has 40 heavy (non-hydrogen) atoms.